The fourth-order valence-corrected chi connectivity index (χ4v) is 5.26. The molecule has 0 spiro atoms. The molecule has 0 aromatic carbocycles. The highest BCUT2D eigenvalue weighted by atomic mass is 32.2. The third-order valence-corrected chi connectivity index (χ3v) is 6.85. The van der Waals surface area contributed by atoms with Crippen LogP contribution in [0.4, 0.5) is 10.9 Å². The molecule has 1 fully saturated rings. The van der Waals surface area contributed by atoms with Gasteiger partial charge >= 0.3 is 0 Å². The number of nitrogens with one attached hydrogen (secondary N) is 1. The number of likely N-dealkylation sites (N-methyl/N-ethyl adjacent to an activating group) is 1. The molecule has 0 aliphatic carbocycles. The van der Waals surface area contributed by atoms with Crippen molar-refractivity contribution >= 4 is 40.0 Å². The number of thioether (sulfide) groups is 1. The number of rotatable bonds is 6. The minimum Gasteiger partial charge on any atom is -0.354 e. The molecule has 0 saturated carbocycles. The molecule has 2 aromatic heterocycles. The average Bonchev–Trinajstić information content (AvgIpc) is 3.07. The number of amides is 1. The molecular formula is C21H25N7OS2. The van der Waals surface area contributed by atoms with E-state index in [0.29, 0.717) is 39.3 Å². The molecular weight excluding hydrogens is 430 g/mol. The maximum absolute atomic E-state index is 11.2. The second kappa shape index (κ2) is 10.6. The van der Waals surface area contributed by atoms with Gasteiger partial charge in [0, 0.05) is 37.7 Å². The molecule has 1 amide bonds. The Morgan fingerprint density at radius 3 is 2.68 bits per heavy atom. The Balaban J connectivity index is 1.93. The van der Waals surface area contributed by atoms with Crippen molar-refractivity contribution in [1.82, 2.24) is 14.9 Å². The predicted octanol–water partition coefficient (Wildman–Crippen LogP) is 3.24. The number of carbonyl (C=O) groups excluding carboxylic acids is 1. The summed E-state index contributed by atoms with van der Waals surface area (Å²) in [6.07, 6.45) is 1.59. The average molecular weight is 456 g/mol. The Bertz CT molecular complexity index is 1040. The number of nitrogens with zero attached hydrogens (tertiary/aromatic N) is 6. The summed E-state index contributed by atoms with van der Waals surface area (Å²) in [5.74, 6) is 1.04. The molecule has 0 unspecified atom stereocenters. The number of pyridine rings is 1. The quantitative estimate of drug-likeness (QED) is 0.661. The van der Waals surface area contributed by atoms with E-state index in [1.54, 1.807) is 0 Å². The zero-order valence-electron chi connectivity index (χ0n) is 17.9. The molecule has 31 heavy (non-hydrogen) atoms. The standard InChI is InChI=1S/C21H25N7OS2/c1-4-16-17(10-22)19(28-7-5-6-27(3)8-9-28)26-20(18(16)11-23)30-12-15-13-31-21(25-15)24-14(2)29/h13H,4-9,12H2,1-3H3,(H,24,25,29). The first-order chi connectivity index (χ1) is 15.0. The summed E-state index contributed by atoms with van der Waals surface area (Å²) in [6.45, 7) is 6.95. The largest absolute Gasteiger partial charge is 0.354 e. The number of nitriles is 2. The SMILES string of the molecule is CCc1c(C#N)c(SCc2csc(NC(C)=O)n2)nc(N2CCCN(C)CC2)c1C#N. The van der Waals surface area contributed by atoms with Crippen LogP contribution in [0.5, 0.6) is 0 Å². The summed E-state index contributed by atoms with van der Waals surface area (Å²) in [7, 11) is 2.10. The van der Waals surface area contributed by atoms with E-state index in [0.717, 1.165) is 43.9 Å². The van der Waals surface area contributed by atoms with Crippen LogP contribution in [0.2, 0.25) is 0 Å². The second-order valence-corrected chi connectivity index (χ2v) is 9.13. The Kier molecular flexibility index (Phi) is 7.85. The summed E-state index contributed by atoms with van der Waals surface area (Å²) in [6, 6.07) is 4.58. The first-order valence-corrected chi connectivity index (χ1v) is 12.0. The van der Waals surface area contributed by atoms with Gasteiger partial charge in [-0.3, -0.25) is 4.79 Å². The zero-order valence-corrected chi connectivity index (χ0v) is 19.6. The van der Waals surface area contributed by atoms with Crippen LogP contribution in [0.25, 0.3) is 0 Å². The normalized spacial score (nSPS) is 14.5. The lowest BCUT2D eigenvalue weighted by molar-refractivity contribution is -0.114. The van der Waals surface area contributed by atoms with Crippen LogP contribution in [0, 0.1) is 22.7 Å². The van der Waals surface area contributed by atoms with Crippen molar-refractivity contribution in [3.63, 3.8) is 0 Å². The van der Waals surface area contributed by atoms with E-state index in [-0.39, 0.29) is 5.91 Å². The minimum atomic E-state index is -0.158. The van der Waals surface area contributed by atoms with Gasteiger partial charge in [-0.15, -0.1) is 11.3 Å². The van der Waals surface area contributed by atoms with Gasteiger partial charge in [-0.2, -0.15) is 10.5 Å². The van der Waals surface area contributed by atoms with Crippen LogP contribution < -0.4 is 10.2 Å². The topological polar surface area (TPSA) is 109 Å². The van der Waals surface area contributed by atoms with Crippen molar-refractivity contribution in [1.29, 1.82) is 10.5 Å². The van der Waals surface area contributed by atoms with E-state index in [9.17, 15) is 15.3 Å². The fourth-order valence-electron chi connectivity index (χ4n) is 3.50. The maximum Gasteiger partial charge on any atom is 0.223 e. The Hall–Kier alpha value is -2.66. The highest BCUT2D eigenvalue weighted by Crippen LogP contribution is 2.34. The van der Waals surface area contributed by atoms with E-state index in [2.05, 4.69) is 39.3 Å². The molecule has 10 heteroatoms. The van der Waals surface area contributed by atoms with Gasteiger partial charge in [0.05, 0.1) is 16.8 Å². The first-order valence-electron chi connectivity index (χ1n) is 10.1. The molecule has 3 rings (SSSR count). The van der Waals surface area contributed by atoms with E-state index in [1.807, 2.05) is 12.3 Å². The summed E-state index contributed by atoms with van der Waals surface area (Å²) in [4.78, 5) is 24.9. The molecule has 0 atom stereocenters. The van der Waals surface area contributed by atoms with E-state index < -0.39 is 0 Å². The number of carbonyl (C=O) groups is 1. The van der Waals surface area contributed by atoms with Gasteiger partial charge in [0.15, 0.2) is 5.13 Å². The monoisotopic (exact) mass is 455 g/mol. The van der Waals surface area contributed by atoms with E-state index >= 15 is 0 Å². The number of aromatic nitrogens is 2. The summed E-state index contributed by atoms with van der Waals surface area (Å²) < 4.78 is 0. The number of thiazole rings is 1. The molecule has 1 N–H and O–H groups in total. The van der Waals surface area contributed by atoms with Crippen molar-refractivity contribution in [3.05, 3.63) is 27.8 Å². The van der Waals surface area contributed by atoms with Crippen molar-refractivity contribution in [3.8, 4) is 12.1 Å². The molecule has 0 radical (unpaired) electrons. The number of hydrogen-bond acceptors (Lipinski definition) is 9. The third-order valence-electron chi connectivity index (χ3n) is 5.04. The Morgan fingerprint density at radius 1 is 1.23 bits per heavy atom. The Labute approximate surface area is 190 Å². The van der Waals surface area contributed by atoms with Gasteiger partial charge in [-0.1, -0.05) is 18.7 Å². The smallest absolute Gasteiger partial charge is 0.223 e. The first kappa shape index (κ1) is 23.0. The molecule has 1 saturated heterocycles. The minimum absolute atomic E-state index is 0.158. The van der Waals surface area contributed by atoms with E-state index in [1.165, 1.54) is 30.0 Å². The van der Waals surface area contributed by atoms with Crippen molar-refractivity contribution < 1.29 is 4.79 Å². The third kappa shape index (κ3) is 5.53. The van der Waals surface area contributed by atoms with Gasteiger partial charge in [-0.05, 0) is 32.0 Å². The van der Waals surface area contributed by atoms with Gasteiger partial charge in [0.2, 0.25) is 5.91 Å². The van der Waals surface area contributed by atoms with Gasteiger partial charge in [0.25, 0.3) is 0 Å². The number of anilines is 2. The van der Waals surface area contributed by atoms with Gasteiger partial charge in [0.1, 0.15) is 23.0 Å². The second-order valence-electron chi connectivity index (χ2n) is 7.30. The van der Waals surface area contributed by atoms with Gasteiger partial charge in [-0.25, -0.2) is 9.97 Å². The summed E-state index contributed by atoms with van der Waals surface area (Å²) >= 11 is 2.81. The van der Waals surface area contributed by atoms with Crippen LogP contribution in [-0.2, 0) is 17.0 Å². The summed E-state index contributed by atoms with van der Waals surface area (Å²) in [5, 5.41) is 25.5. The summed E-state index contributed by atoms with van der Waals surface area (Å²) in [5.41, 5.74) is 2.55. The van der Waals surface area contributed by atoms with Crippen molar-refractivity contribution in [2.75, 3.05) is 43.4 Å². The van der Waals surface area contributed by atoms with Gasteiger partial charge < -0.3 is 15.1 Å². The molecule has 3 heterocycles. The van der Waals surface area contributed by atoms with Crippen LogP contribution >= 0.6 is 23.1 Å². The molecule has 1 aliphatic rings. The van der Waals surface area contributed by atoms with E-state index in [4.69, 9.17) is 4.98 Å². The van der Waals surface area contributed by atoms with Crippen molar-refractivity contribution in [2.24, 2.45) is 0 Å². The molecule has 0 bridgehead atoms. The lowest BCUT2D eigenvalue weighted by Crippen LogP contribution is -2.30. The van der Waals surface area contributed by atoms with Crippen LogP contribution in [-0.4, -0.2) is 54.0 Å². The van der Waals surface area contributed by atoms with Crippen molar-refractivity contribution in [2.45, 2.75) is 37.5 Å². The number of hydrogen-bond donors (Lipinski definition) is 1. The zero-order chi connectivity index (χ0) is 22.4. The Morgan fingerprint density at radius 2 is 2.00 bits per heavy atom. The van der Waals surface area contributed by atoms with Crippen LogP contribution in [0.15, 0.2) is 10.4 Å². The molecule has 1 aliphatic heterocycles. The fraction of sp³-hybridized carbons (Fsp3) is 0.476. The predicted molar refractivity (Wildman–Crippen MR) is 123 cm³/mol. The molecule has 162 valence electrons. The lowest BCUT2D eigenvalue weighted by atomic mass is 10.0. The highest BCUT2D eigenvalue weighted by Gasteiger charge is 2.24. The van der Waals surface area contributed by atoms with Crippen LogP contribution in [0.3, 0.4) is 0 Å². The molecule has 2 aromatic rings. The van der Waals surface area contributed by atoms with Crippen LogP contribution in [0.1, 0.15) is 42.7 Å². The highest BCUT2D eigenvalue weighted by molar-refractivity contribution is 7.98. The maximum atomic E-state index is 11.2. The lowest BCUT2D eigenvalue weighted by Gasteiger charge is -2.25. The molecule has 8 nitrogen and oxygen atoms in total.